The van der Waals surface area contributed by atoms with Crippen LogP contribution in [0.3, 0.4) is 0 Å². The van der Waals surface area contributed by atoms with Crippen LogP contribution in [0.4, 0.5) is 10.6 Å². The standard InChI is InChI=1S/C24H25N5O5/c25-12-24(18-7-6-17-21(26)27-14-28-29(17)18)10-15(19(30)20(24)31)11-33-22(32)34-13-23(8-9-23)16-4-2-1-3-5-16/h1-7,14-15,19-20,30-31H,8-11,13H2,(H2,26,27,28)/t15-,19-,20-,24-/m1/s1. The molecule has 10 heteroatoms. The summed E-state index contributed by atoms with van der Waals surface area (Å²) in [5.74, 6) is -0.440. The van der Waals surface area contributed by atoms with Crippen LogP contribution in [-0.2, 0) is 20.3 Å². The number of aliphatic hydroxyl groups excluding tert-OH is 2. The van der Waals surface area contributed by atoms with Crippen molar-refractivity contribution in [1.82, 2.24) is 14.6 Å². The van der Waals surface area contributed by atoms with Crippen LogP contribution in [0.2, 0.25) is 0 Å². The molecule has 2 saturated carbocycles. The van der Waals surface area contributed by atoms with Crippen LogP contribution in [0.15, 0.2) is 48.8 Å². The van der Waals surface area contributed by atoms with Crippen LogP contribution >= 0.6 is 0 Å². The van der Waals surface area contributed by atoms with E-state index in [1.54, 1.807) is 12.1 Å². The molecule has 4 N–H and O–H groups in total. The van der Waals surface area contributed by atoms with Gasteiger partial charge in [0.15, 0.2) is 5.82 Å². The number of carbonyl (C=O) groups is 1. The molecule has 10 nitrogen and oxygen atoms in total. The molecule has 2 aliphatic carbocycles. The van der Waals surface area contributed by atoms with E-state index in [0.29, 0.717) is 11.2 Å². The van der Waals surface area contributed by atoms with Crippen molar-refractivity contribution in [2.24, 2.45) is 5.92 Å². The Bertz CT molecular complexity index is 1250. The summed E-state index contributed by atoms with van der Waals surface area (Å²) < 4.78 is 12.1. The molecule has 0 saturated heterocycles. The highest BCUT2D eigenvalue weighted by molar-refractivity contribution is 5.66. The number of hydrogen-bond acceptors (Lipinski definition) is 9. The van der Waals surface area contributed by atoms with Gasteiger partial charge in [0, 0.05) is 11.3 Å². The van der Waals surface area contributed by atoms with Crippen molar-refractivity contribution in [2.75, 3.05) is 18.9 Å². The SMILES string of the molecule is N#C[C@@]1(c2ccc3c(N)ncnn23)C[C@H](COC(=O)OCC2(c3ccccc3)CC2)[C@@H](O)[C@H]1O. The van der Waals surface area contributed by atoms with E-state index in [0.717, 1.165) is 18.4 Å². The Kier molecular flexibility index (Phi) is 5.38. The molecule has 0 bridgehead atoms. The average Bonchev–Trinajstić information content (AvgIpc) is 3.46. The summed E-state index contributed by atoms with van der Waals surface area (Å²) in [5.41, 5.74) is 6.25. The van der Waals surface area contributed by atoms with Gasteiger partial charge in [-0.05, 0) is 37.0 Å². The number of carbonyl (C=O) groups excluding carboxylic acids is 1. The minimum absolute atomic E-state index is 0.0586. The molecule has 34 heavy (non-hydrogen) atoms. The first kappa shape index (κ1) is 22.1. The number of rotatable bonds is 6. The van der Waals surface area contributed by atoms with E-state index in [4.69, 9.17) is 15.2 Å². The molecule has 2 heterocycles. The van der Waals surface area contributed by atoms with Gasteiger partial charge < -0.3 is 25.4 Å². The Morgan fingerprint density at radius 2 is 1.97 bits per heavy atom. The van der Waals surface area contributed by atoms with Crippen molar-refractivity contribution in [2.45, 2.75) is 42.3 Å². The number of nitrogens with zero attached hydrogens (tertiary/aromatic N) is 4. The number of hydrogen-bond donors (Lipinski definition) is 3. The second-order valence-corrected chi connectivity index (χ2v) is 9.14. The zero-order valence-corrected chi connectivity index (χ0v) is 18.4. The second kappa shape index (κ2) is 8.27. The van der Waals surface area contributed by atoms with E-state index < -0.39 is 29.7 Å². The molecule has 176 valence electrons. The maximum absolute atomic E-state index is 12.3. The summed E-state index contributed by atoms with van der Waals surface area (Å²) >= 11 is 0. The molecule has 5 rings (SSSR count). The van der Waals surface area contributed by atoms with Gasteiger partial charge >= 0.3 is 6.16 Å². The fourth-order valence-corrected chi connectivity index (χ4v) is 4.95. The first-order valence-corrected chi connectivity index (χ1v) is 11.1. The summed E-state index contributed by atoms with van der Waals surface area (Å²) in [6.07, 6.45) is -0.354. The first-order chi connectivity index (χ1) is 16.4. The highest BCUT2D eigenvalue weighted by atomic mass is 16.7. The number of ether oxygens (including phenoxy) is 2. The van der Waals surface area contributed by atoms with Crippen LogP contribution in [0.5, 0.6) is 0 Å². The number of anilines is 1. The number of nitrogen functional groups attached to an aromatic ring is 1. The van der Waals surface area contributed by atoms with Crippen molar-refractivity contribution in [3.63, 3.8) is 0 Å². The van der Waals surface area contributed by atoms with E-state index in [1.807, 2.05) is 30.3 Å². The third-order valence-corrected chi connectivity index (χ3v) is 7.16. The highest BCUT2D eigenvalue weighted by Gasteiger charge is 2.56. The number of nitriles is 1. The molecule has 0 unspecified atom stereocenters. The van der Waals surface area contributed by atoms with E-state index >= 15 is 0 Å². The Balaban J connectivity index is 1.25. The summed E-state index contributed by atoms with van der Waals surface area (Å²) in [5, 5.41) is 35.7. The monoisotopic (exact) mass is 463 g/mol. The predicted molar refractivity (Wildman–Crippen MR) is 119 cm³/mol. The zero-order valence-electron chi connectivity index (χ0n) is 18.4. The third-order valence-electron chi connectivity index (χ3n) is 7.16. The molecular formula is C24H25N5O5. The maximum Gasteiger partial charge on any atom is 0.508 e. The topological polar surface area (TPSA) is 156 Å². The van der Waals surface area contributed by atoms with Gasteiger partial charge in [-0.1, -0.05) is 30.3 Å². The van der Waals surface area contributed by atoms with Crippen LogP contribution in [0.1, 0.15) is 30.5 Å². The van der Waals surface area contributed by atoms with Gasteiger partial charge in [-0.3, -0.25) is 0 Å². The molecule has 0 radical (unpaired) electrons. The molecule has 2 aliphatic rings. The van der Waals surface area contributed by atoms with Crippen molar-refractivity contribution < 1.29 is 24.5 Å². The quantitative estimate of drug-likeness (QED) is 0.463. The van der Waals surface area contributed by atoms with E-state index in [2.05, 4.69) is 16.2 Å². The molecule has 2 aromatic heterocycles. The minimum Gasteiger partial charge on any atom is -0.434 e. The van der Waals surface area contributed by atoms with Gasteiger partial charge in [-0.15, -0.1) is 0 Å². The fourth-order valence-electron chi connectivity index (χ4n) is 4.95. The third kappa shape index (κ3) is 3.54. The van der Waals surface area contributed by atoms with Gasteiger partial charge in [-0.25, -0.2) is 14.3 Å². The molecule has 0 spiro atoms. The lowest BCUT2D eigenvalue weighted by Gasteiger charge is -2.25. The molecule has 0 aliphatic heterocycles. The van der Waals surface area contributed by atoms with Gasteiger partial charge in [0.1, 0.15) is 36.6 Å². The van der Waals surface area contributed by atoms with Crippen LogP contribution < -0.4 is 5.73 Å². The Hall–Kier alpha value is -3.68. The smallest absolute Gasteiger partial charge is 0.434 e. The number of aliphatic hydroxyl groups is 2. The molecule has 2 fully saturated rings. The molecule has 4 atom stereocenters. The Morgan fingerprint density at radius 3 is 2.68 bits per heavy atom. The fraction of sp³-hybridized carbons (Fsp3) is 0.417. The lowest BCUT2D eigenvalue weighted by molar-refractivity contribution is -0.0177. The largest absolute Gasteiger partial charge is 0.508 e. The molecule has 1 aromatic carbocycles. The van der Waals surface area contributed by atoms with Crippen LogP contribution in [0, 0.1) is 17.2 Å². The molecule has 3 aromatic rings. The maximum atomic E-state index is 12.3. The number of fused-ring (bicyclic) bond motifs is 1. The van der Waals surface area contributed by atoms with Crippen molar-refractivity contribution >= 4 is 17.5 Å². The minimum atomic E-state index is -1.46. The van der Waals surface area contributed by atoms with E-state index in [9.17, 15) is 20.3 Å². The second-order valence-electron chi connectivity index (χ2n) is 9.14. The van der Waals surface area contributed by atoms with Gasteiger partial charge in [0.05, 0.1) is 17.9 Å². The van der Waals surface area contributed by atoms with E-state index in [-0.39, 0.29) is 30.9 Å². The van der Waals surface area contributed by atoms with E-state index in [1.165, 1.54) is 10.8 Å². The summed E-state index contributed by atoms with van der Waals surface area (Å²) in [6, 6.07) is 15.3. The van der Waals surface area contributed by atoms with Gasteiger partial charge in [-0.2, -0.15) is 10.4 Å². The number of benzene rings is 1. The number of aromatic nitrogens is 3. The lowest BCUT2D eigenvalue weighted by Crippen LogP contribution is -2.40. The highest BCUT2D eigenvalue weighted by Crippen LogP contribution is 2.48. The van der Waals surface area contributed by atoms with Crippen molar-refractivity contribution in [3.8, 4) is 6.07 Å². The predicted octanol–water partition coefficient (Wildman–Crippen LogP) is 1.70. The Morgan fingerprint density at radius 1 is 1.21 bits per heavy atom. The lowest BCUT2D eigenvalue weighted by atomic mass is 9.81. The van der Waals surface area contributed by atoms with Crippen molar-refractivity contribution in [1.29, 1.82) is 5.26 Å². The van der Waals surface area contributed by atoms with Crippen molar-refractivity contribution in [3.05, 3.63) is 60.0 Å². The van der Waals surface area contributed by atoms with Crippen LogP contribution in [-0.4, -0.2) is 56.4 Å². The summed E-state index contributed by atoms with van der Waals surface area (Å²) in [6.45, 7) is 0.0182. The summed E-state index contributed by atoms with van der Waals surface area (Å²) in [4.78, 5) is 16.2. The average molecular weight is 463 g/mol. The molecule has 0 amide bonds. The van der Waals surface area contributed by atoms with Gasteiger partial charge in [0.2, 0.25) is 0 Å². The first-order valence-electron chi connectivity index (χ1n) is 11.1. The zero-order chi connectivity index (χ0) is 23.9. The Labute approximate surface area is 195 Å². The number of nitrogens with two attached hydrogens (primary N) is 1. The van der Waals surface area contributed by atoms with Gasteiger partial charge in [0.25, 0.3) is 0 Å². The summed E-state index contributed by atoms with van der Waals surface area (Å²) in [7, 11) is 0. The molecular weight excluding hydrogens is 438 g/mol. The van der Waals surface area contributed by atoms with Crippen LogP contribution in [0.25, 0.3) is 5.52 Å². The normalized spacial score (nSPS) is 27.3.